The fourth-order valence-electron chi connectivity index (χ4n) is 4.43. The monoisotopic (exact) mass is 563 g/mol. The summed E-state index contributed by atoms with van der Waals surface area (Å²) in [6, 6.07) is 14.1. The van der Waals surface area contributed by atoms with Crippen LogP contribution in [-0.4, -0.2) is 50.0 Å². The van der Waals surface area contributed by atoms with E-state index in [1.165, 1.54) is 4.90 Å². The quantitative estimate of drug-likeness (QED) is 0.464. The van der Waals surface area contributed by atoms with Gasteiger partial charge in [0.25, 0.3) is 0 Å². The number of nitrogens with one attached hydrogen (secondary N) is 1. The molecule has 3 rings (SSSR count). The van der Waals surface area contributed by atoms with Crippen molar-refractivity contribution in [3.8, 4) is 0 Å². The molecule has 35 heavy (non-hydrogen) atoms. The molecule has 190 valence electrons. The molecule has 0 spiro atoms. The fraction of sp³-hybridized carbons (Fsp3) is 0.462. The van der Waals surface area contributed by atoms with Crippen LogP contribution in [0.1, 0.15) is 50.2 Å². The molecule has 1 fully saturated rings. The first-order valence-corrected chi connectivity index (χ1v) is 14.6. The molecule has 1 atom stereocenters. The molecule has 0 aliphatic heterocycles. The zero-order chi connectivity index (χ0) is 25.6. The van der Waals surface area contributed by atoms with Crippen molar-refractivity contribution in [1.29, 1.82) is 0 Å². The van der Waals surface area contributed by atoms with Crippen LogP contribution in [0.15, 0.2) is 53.0 Å². The van der Waals surface area contributed by atoms with Gasteiger partial charge in [0.2, 0.25) is 21.8 Å². The maximum absolute atomic E-state index is 13.7. The third-order valence-corrected chi connectivity index (χ3v) is 8.16. The summed E-state index contributed by atoms with van der Waals surface area (Å²) in [6.07, 6.45) is 5.56. The average Bonchev–Trinajstić information content (AvgIpc) is 3.31. The second-order valence-electron chi connectivity index (χ2n) is 9.14. The highest BCUT2D eigenvalue weighted by atomic mass is 79.9. The van der Waals surface area contributed by atoms with Crippen LogP contribution in [-0.2, 0) is 26.2 Å². The van der Waals surface area contributed by atoms with E-state index in [0.717, 1.165) is 47.4 Å². The number of aryl methyl sites for hydroxylation is 1. The van der Waals surface area contributed by atoms with Crippen molar-refractivity contribution in [3.05, 3.63) is 64.1 Å². The van der Waals surface area contributed by atoms with Crippen LogP contribution in [0.2, 0.25) is 0 Å². The molecule has 1 saturated carbocycles. The highest BCUT2D eigenvalue weighted by Crippen LogP contribution is 2.28. The SMILES string of the molecule is CCC(C(=O)NC1CCCC1)N(Cc1ccc(C)cc1)C(=O)CN(c1ccccc1Br)S(C)(=O)=O. The maximum Gasteiger partial charge on any atom is 0.244 e. The minimum atomic E-state index is -3.76. The van der Waals surface area contributed by atoms with E-state index in [0.29, 0.717) is 16.6 Å². The lowest BCUT2D eigenvalue weighted by Gasteiger charge is -2.33. The van der Waals surface area contributed by atoms with Crippen LogP contribution in [0.5, 0.6) is 0 Å². The molecule has 0 heterocycles. The second kappa shape index (κ2) is 12.0. The number of sulfonamides is 1. The lowest BCUT2D eigenvalue weighted by molar-refractivity contribution is -0.140. The molecule has 2 amide bonds. The third-order valence-electron chi connectivity index (χ3n) is 6.36. The third kappa shape index (κ3) is 7.30. The van der Waals surface area contributed by atoms with Gasteiger partial charge in [0.15, 0.2) is 0 Å². The summed E-state index contributed by atoms with van der Waals surface area (Å²) in [5.74, 6) is -0.619. The number of rotatable bonds is 10. The van der Waals surface area contributed by atoms with E-state index >= 15 is 0 Å². The minimum absolute atomic E-state index is 0.126. The van der Waals surface area contributed by atoms with Crippen molar-refractivity contribution in [2.45, 2.75) is 64.6 Å². The highest BCUT2D eigenvalue weighted by molar-refractivity contribution is 9.10. The van der Waals surface area contributed by atoms with E-state index in [-0.39, 0.29) is 18.5 Å². The second-order valence-corrected chi connectivity index (χ2v) is 11.9. The van der Waals surface area contributed by atoms with Gasteiger partial charge in [0, 0.05) is 17.1 Å². The van der Waals surface area contributed by atoms with Gasteiger partial charge in [-0.15, -0.1) is 0 Å². The van der Waals surface area contributed by atoms with Gasteiger partial charge in [0.05, 0.1) is 11.9 Å². The van der Waals surface area contributed by atoms with Gasteiger partial charge in [-0.05, 0) is 59.8 Å². The lowest BCUT2D eigenvalue weighted by Crippen LogP contribution is -2.53. The van der Waals surface area contributed by atoms with Crippen molar-refractivity contribution in [3.63, 3.8) is 0 Å². The number of nitrogens with zero attached hydrogens (tertiary/aromatic N) is 2. The molecule has 7 nitrogen and oxygen atoms in total. The highest BCUT2D eigenvalue weighted by Gasteiger charge is 2.33. The number of amides is 2. The van der Waals surface area contributed by atoms with Gasteiger partial charge in [0.1, 0.15) is 12.6 Å². The Kier molecular flexibility index (Phi) is 9.35. The van der Waals surface area contributed by atoms with E-state index in [1.54, 1.807) is 24.3 Å². The summed E-state index contributed by atoms with van der Waals surface area (Å²) >= 11 is 3.40. The van der Waals surface area contributed by atoms with Crippen molar-refractivity contribution in [2.75, 3.05) is 17.1 Å². The van der Waals surface area contributed by atoms with Gasteiger partial charge in [-0.3, -0.25) is 13.9 Å². The smallest absolute Gasteiger partial charge is 0.244 e. The molecular formula is C26H34BrN3O4S. The topological polar surface area (TPSA) is 86.8 Å². The summed E-state index contributed by atoms with van der Waals surface area (Å²) in [4.78, 5) is 28.5. The molecule has 1 aliphatic rings. The van der Waals surface area contributed by atoms with Crippen molar-refractivity contribution in [2.24, 2.45) is 0 Å². The molecule has 2 aromatic rings. The van der Waals surface area contributed by atoms with Crippen LogP contribution < -0.4 is 9.62 Å². The van der Waals surface area contributed by atoms with E-state index in [2.05, 4.69) is 21.2 Å². The van der Waals surface area contributed by atoms with Gasteiger partial charge >= 0.3 is 0 Å². The number of carbonyl (C=O) groups is 2. The van der Waals surface area contributed by atoms with Gasteiger partial charge in [-0.1, -0.05) is 61.7 Å². The molecule has 1 aliphatic carbocycles. The summed E-state index contributed by atoms with van der Waals surface area (Å²) in [5.41, 5.74) is 2.35. The summed E-state index contributed by atoms with van der Waals surface area (Å²) in [7, 11) is -3.76. The van der Waals surface area contributed by atoms with E-state index in [4.69, 9.17) is 0 Å². The molecule has 0 radical (unpaired) electrons. The number of hydrogen-bond donors (Lipinski definition) is 1. The predicted octanol–water partition coefficient (Wildman–Crippen LogP) is 4.39. The number of carbonyl (C=O) groups excluding carboxylic acids is 2. The summed E-state index contributed by atoms with van der Waals surface area (Å²) in [5, 5.41) is 3.11. The van der Waals surface area contributed by atoms with Crippen molar-refractivity contribution >= 4 is 43.5 Å². The standard InChI is InChI=1S/C26H34BrN3O4S/c1-4-23(26(32)28-21-9-5-6-10-21)29(17-20-15-13-19(2)14-16-20)25(31)18-30(35(3,33)34)24-12-8-7-11-22(24)27/h7-8,11-16,21,23H,4-6,9-10,17-18H2,1-3H3,(H,28,32). The molecule has 0 aromatic heterocycles. The molecule has 0 bridgehead atoms. The number of hydrogen-bond acceptors (Lipinski definition) is 4. The average molecular weight is 565 g/mol. The maximum atomic E-state index is 13.7. The van der Waals surface area contributed by atoms with E-state index in [9.17, 15) is 18.0 Å². The summed E-state index contributed by atoms with van der Waals surface area (Å²) < 4.78 is 27.0. The zero-order valence-electron chi connectivity index (χ0n) is 20.5. The molecule has 9 heteroatoms. The number of para-hydroxylation sites is 1. The molecule has 1 N–H and O–H groups in total. The van der Waals surface area contributed by atoms with Crippen molar-refractivity contribution in [1.82, 2.24) is 10.2 Å². The van der Waals surface area contributed by atoms with Crippen LogP contribution in [0.25, 0.3) is 0 Å². The Balaban J connectivity index is 1.92. The van der Waals surface area contributed by atoms with E-state index < -0.39 is 28.5 Å². The molecule has 2 aromatic carbocycles. The minimum Gasteiger partial charge on any atom is -0.352 e. The first-order valence-electron chi connectivity index (χ1n) is 12.0. The van der Waals surface area contributed by atoms with Gasteiger partial charge in [-0.2, -0.15) is 0 Å². The first-order chi connectivity index (χ1) is 16.6. The number of halogens is 1. The van der Waals surface area contributed by atoms with Crippen molar-refractivity contribution < 1.29 is 18.0 Å². The predicted molar refractivity (Wildman–Crippen MR) is 143 cm³/mol. The molecule has 0 saturated heterocycles. The van der Waals surface area contributed by atoms with Crippen LogP contribution in [0, 0.1) is 6.92 Å². The van der Waals surface area contributed by atoms with Crippen LogP contribution in [0.4, 0.5) is 5.69 Å². The van der Waals surface area contributed by atoms with Gasteiger partial charge < -0.3 is 10.2 Å². The first kappa shape index (κ1) is 27.2. The van der Waals surface area contributed by atoms with Crippen LogP contribution in [0.3, 0.4) is 0 Å². The largest absolute Gasteiger partial charge is 0.352 e. The Labute approximate surface area is 217 Å². The van der Waals surface area contributed by atoms with Gasteiger partial charge in [-0.25, -0.2) is 8.42 Å². The Hall–Kier alpha value is -2.39. The molecular weight excluding hydrogens is 530 g/mol. The van der Waals surface area contributed by atoms with Crippen LogP contribution >= 0.6 is 15.9 Å². The summed E-state index contributed by atoms with van der Waals surface area (Å²) in [6.45, 7) is 3.67. The Bertz CT molecular complexity index is 1130. The zero-order valence-corrected chi connectivity index (χ0v) is 22.9. The van der Waals surface area contributed by atoms with E-state index in [1.807, 2.05) is 38.1 Å². The fourth-order valence-corrected chi connectivity index (χ4v) is 5.90. The number of anilines is 1. The Morgan fingerprint density at radius 3 is 2.29 bits per heavy atom. The lowest BCUT2D eigenvalue weighted by atomic mass is 10.1. The Morgan fingerprint density at radius 2 is 1.71 bits per heavy atom. The normalized spacial score (nSPS) is 15.0. The number of benzene rings is 2. The Morgan fingerprint density at radius 1 is 1.09 bits per heavy atom. The molecule has 1 unspecified atom stereocenters.